The first kappa shape index (κ1) is 13.6. The monoisotopic (exact) mass is 255 g/mol. The zero-order chi connectivity index (χ0) is 12.8. The van der Waals surface area contributed by atoms with Crippen LogP contribution in [-0.2, 0) is 9.59 Å². The van der Waals surface area contributed by atoms with Crippen LogP contribution in [0, 0.1) is 13.8 Å². The second-order valence-corrected chi connectivity index (χ2v) is 4.93. The van der Waals surface area contributed by atoms with E-state index in [1.165, 1.54) is 11.3 Å². The van der Waals surface area contributed by atoms with Gasteiger partial charge >= 0.3 is 11.8 Å². The van der Waals surface area contributed by atoms with Gasteiger partial charge in [0.15, 0.2) is 5.13 Å². The minimum Gasteiger partial charge on any atom is -0.348 e. The molecule has 1 aromatic rings. The minimum atomic E-state index is -0.658. The van der Waals surface area contributed by atoms with Gasteiger partial charge in [-0.25, -0.2) is 4.98 Å². The van der Waals surface area contributed by atoms with Crippen LogP contribution in [-0.4, -0.2) is 23.3 Å². The van der Waals surface area contributed by atoms with Gasteiger partial charge in [0.25, 0.3) is 0 Å². The summed E-state index contributed by atoms with van der Waals surface area (Å²) in [4.78, 5) is 28.0. The van der Waals surface area contributed by atoms with Gasteiger partial charge in [-0.15, -0.1) is 11.3 Å². The second-order valence-electron chi connectivity index (χ2n) is 3.72. The number of thiazole rings is 1. The van der Waals surface area contributed by atoms with E-state index in [0.29, 0.717) is 11.7 Å². The molecular formula is C11H17N3O2S. The Morgan fingerprint density at radius 3 is 2.53 bits per heavy atom. The molecule has 0 spiro atoms. The van der Waals surface area contributed by atoms with Gasteiger partial charge in [0, 0.05) is 11.4 Å². The lowest BCUT2D eigenvalue weighted by molar-refractivity contribution is -0.136. The molecule has 0 unspecified atom stereocenters. The highest BCUT2D eigenvalue weighted by Gasteiger charge is 2.15. The van der Waals surface area contributed by atoms with Crippen LogP contribution in [0.1, 0.15) is 30.3 Å². The molecule has 2 amide bonds. The molecule has 0 aliphatic heterocycles. The largest absolute Gasteiger partial charge is 0.348 e. The Morgan fingerprint density at radius 1 is 1.29 bits per heavy atom. The van der Waals surface area contributed by atoms with E-state index in [2.05, 4.69) is 15.6 Å². The van der Waals surface area contributed by atoms with Gasteiger partial charge in [0.2, 0.25) is 0 Å². The number of anilines is 1. The number of nitrogens with one attached hydrogen (secondary N) is 2. The zero-order valence-electron chi connectivity index (χ0n) is 10.3. The molecule has 0 aliphatic carbocycles. The molecule has 2 N–H and O–H groups in total. The van der Waals surface area contributed by atoms with Gasteiger partial charge in [-0.3, -0.25) is 14.9 Å². The van der Waals surface area contributed by atoms with Crippen molar-refractivity contribution in [2.24, 2.45) is 0 Å². The molecule has 17 heavy (non-hydrogen) atoms. The molecule has 0 aromatic carbocycles. The van der Waals surface area contributed by atoms with Crippen LogP contribution in [0.2, 0.25) is 0 Å². The van der Waals surface area contributed by atoms with E-state index in [1.54, 1.807) is 0 Å². The maximum atomic E-state index is 11.5. The molecule has 0 aliphatic rings. The van der Waals surface area contributed by atoms with Crippen LogP contribution in [0.4, 0.5) is 5.13 Å². The van der Waals surface area contributed by atoms with Crippen LogP contribution in [0.15, 0.2) is 0 Å². The Kier molecular flexibility index (Phi) is 5.09. The fourth-order valence-electron chi connectivity index (χ4n) is 1.14. The van der Waals surface area contributed by atoms with E-state index < -0.39 is 11.8 Å². The quantitative estimate of drug-likeness (QED) is 0.634. The SMILES string of the molecule is CCCCNC(=O)C(=O)Nc1nc(C)c(C)s1. The molecule has 6 heteroatoms. The summed E-state index contributed by atoms with van der Waals surface area (Å²) in [6.45, 7) is 6.33. The summed E-state index contributed by atoms with van der Waals surface area (Å²) in [5, 5.41) is 5.51. The average Bonchev–Trinajstić information content (AvgIpc) is 2.58. The standard InChI is InChI=1S/C11H17N3O2S/c1-4-5-6-12-9(15)10(16)14-11-13-7(2)8(3)17-11/h4-6H2,1-3H3,(H,12,15)(H,13,14,16). The number of aromatic nitrogens is 1. The van der Waals surface area contributed by atoms with Crippen molar-refractivity contribution in [3.05, 3.63) is 10.6 Å². The third kappa shape index (κ3) is 4.14. The highest BCUT2D eigenvalue weighted by molar-refractivity contribution is 7.15. The molecule has 5 nitrogen and oxygen atoms in total. The first-order chi connectivity index (χ1) is 8.04. The summed E-state index contributed by atoms with van der Waals surface area (Å²) in [6.07, 6.45) is 1.85. The fraction of sp³-hybridized carbons (Fsp3) is 0.545. The second kappa shape index (κ2) is 6.34. The Balaban J connectivity index is 2.46. The average molecular weight is 255 g/mol. The van der Waals surface area contributed by atoms with E-state index in [1.807, 2.05) is 20.8 Å². The van der Waals surface area contributed by atoms with Crippen molar-refractivity contribution >= 4 is 28.3 Å². The van der Waals surface area contributed by atoms with Crippen molar-refractivity contribution in [1.29, 1.82) is 0 Å². The molecule has 0 saturated heterocycles. The Bertz CT molecular complexity index is 395. The molecule has 0 atom stereocenters. The van der Waals surface area contributed by atoms with Crippen LogP contribution in [0.5, 0.6) is 0 Å². The predicted octanol–water partition coefficient (Wildman–Crippen LogP) is 1.61. The summed E-state index contributed by atoms with van der Waals surface area (Å²) in [6, 6.07) is 0. The van der Waals surface area contributed by atoms with E-state index in [0.717, 1.165) is 23.4 Å². The highest BCUT2D eigenvalue weighted by Crippen LogP contribution is 2.20. The van der Waals surface area contributed by atoms with Crippen molar-refractivity contribution in [3.8, 4) is 0 Å². The van der Waals surface area contributed by atoms with E-state index in [4.69, 9.17) is 0 Å². The van der Waals surface area contributed by atoms with E-state index >= 15 is 0 Å². The number of unbranched alkanes of at least 4 members (excludes halogenated alkanes) is 1. The lowest BCUT2D eigenvalue weighted by Gasteiger charge is -2.03. The van der Waals surface area contributed by atoms with Gasteiger partial charge in [-0.05, 0) is 20.3 Å². The van der Waals surface area contributed by atoms with Crippen LogP contribution in [0.25, 0.3) is 0 Å². The van der Waals surface area contributed by atoms with Crippen molar-refractivity contribution < 1.29 is 9.59 Å². The third-order valence-electron chi connectivity index (χ3n) is 2.27. The summed E-state index contributed by atoms with van der Waals surface area (Å²) in [5.41, 5.74) is 0.872. The molecule has 1 heterocycles. The third-order valence-corrected chi connectivity index (χ3v) is 3.26. The van der Waals surface area contributed by atoms with Gasteiger partial charge in [-0.2, -0.15) is 0 Å². The lowest BCUT2D eigenvalue weighted by Crippen LogP contribution is -2.35. The Morgan fingerprint density at radius 2 is 2.00 bits per heavy atom. The molecular weight excluding hydrogens is 238 g/mol. The van der Waals surface area contributed by atoms with Gasteiger partial charge in [-0.1, -0.05) is 13.3 Å². The maximum Gasteiger partial charge on any atom is 0.315 e. The molecule has 0 fully saturated rings. The molecule has 1 rings (SSSR count). The fourth-order valence-corrected chi connectivity index (χ4v) is 1.95. The molecule has 1 aromatic heterocycles. The first-order valence-corrected chi connectivity index (χ1v) is 6.39. The van der Waals surface area contributed by atoms with Crippen molar-refractivity contribution in [2.45, 2.75) is 33.6 Å². The highest BCUT2D eigenvalue weighted by atomic mass is 32.1. The summed E-state index contributed by atoms with van der Waals surface area (Å²) < 4.78 is 0. The smallest absolute Gasteiger partial charge is 0.315 e. The number of carbonyl (C=O) groups is 2. The van der Waals surface area contributed by atoms with Crippen LogP contribution in [0.3, 0.4) is 0 Å². The molecule has 0 bridgehead atoms. The topological polar surface area (TPSA) is 71.1 Å². The van der Waals surface area contributed by atoms with E-state index in [-0.39, 0.29) is 0 Å². The minimum absolute atomic E-state index is 0.468. The predicted molar refractivity (Wildman–Crippen MR) is 68.1 cm³/mol. The summed E-state index contributed by atoms with van der Waals surface area (Å²) in [5.74, 6) is -1.26. The zero-order valence-corrected chi connectivity index (χ0v) is 11.1. The van der Waals surface area contributed by atoms with Gasteiger partial charge < -0.3 is 5.32 Å². The van der Waals surface area contributed by atoms with Gasteiger partial charge in [0.05, 0.1) is 5.69 Å². The summed E-state index contributed by atoms with van der Waals surface area (Å²) in [7, 11) is 0. The number of hydrogen-bond donors (Lipinski definition) is 2. The molecule has 0 saturated carbocycles. The number of carbonyl (C=O) groups excluding carboxylic acids is 2. The van der Waals surface area contributed by atoms with Crippen molar-refractivity contribution in [1.82, 2.24) is 10.3 Å². The lowest BCUT2D eigenvalue weighted by atomic mass is 10.3. The summed E-state index contributed by atoms with van der Waals surface area (Å²) >= 11 is 1.37. The van der Waals surface area contributed by atoms with E-state index in [9.17, 15) is 9.59 Å². The maximum absolute atomic E-state index is 11.5. The number of aryl methyl sites for hydroxylation is 2. The first-order valence-electron chi connectivity index (χ1n) is 5.57. The number of amides is 2. The number of rotatable bonds is 4. The Hall–Kier alpha value is -1.43. The Labute approximate surface area is 105 Å². The number of nitrogens with zero attached hydrogens (tertiary/aromatic N) is 1. The number of hydrogen-bond acceptors (Lipinski definition) is 4. The molecule has 94 valence electrons. The van der Waals surface area contributed by atoms with Crippen molar-refractivity contribution in [3.63, 3.8) is 0 Å². The van der Waals surface area contributed by atoms with Gasteiger partial charge in [0.1, 0.15) is 0 Å². The normalized spacial score (nSPS) is 10.1. The van der Waals surface area contributed by atoms with Crippen molar-refractivity contribution in [2.75, 3.05) is 11.9 Å². The van der Waals surface area contributed by atoms with Crippen LogP contribution >= 0.6 is 11.3 Å². The van der Waals surface area contributed by atoms with Crippen LogP contribution < -0.4 is 10.6 Å². The molecule has 0 radical (unpaired) electrons.